The van der Waals surface area contributed by atoms with Gasteiger partial charge in [0.1, 0.15) is 5.75 Å². The van der Waals surface area contributed by atoms with Gasteiger partial charge in [0.05, 0.1) is 19.2 Å². The fourth-order valence-electron chi connectivity index (χ4n) is 2.21. The second-order valence-electron chi connectivity index (χ2n) is 5.07. The maximum atomic E-state index is 12.0. The van der Waals surface area contributed by atoms with Gasteiger partial charge in [-0.3, -0.25) is 9.59 Å². The summed E-state index contributed by atoms with van der Waals surface area (Å²) in [5.41, 5.74) is 1.60. The highest BCUT2D eigenvalue weighted by atomic mass is 127. The van der Waals surface area contributed by atoms with Crippen LogP contribution in [0.15, 0.2) is 48.5 Å². The van der Waals surface area contributed by atoms with Crippen molar-refractivity contribution in [2.45, 2.75) is 6.42 Å². The number of hydrogen-bond acceptors (Lipinski definition) is 3. The quantitative estimate of drug-likeness (QED) is 0.653. The van der Waals surface area contributed by atoms with E-state index in [2.05, 4.69) is 33.2 Å². The highest BCUT2D eigenvalue weighted by molar-refractivity contribution is 14.1. The van der Waals surface area contributed by atoms with Gasteiger partial charge < -0.3 is 15.4 Å². The minimum Gasteiger partial charge on any atom is -0.496 e. The van der Waals surface area contributed by atoms with Crippen LogP contribution in [0.25, 0.3) is 0 Å². The van der Waals surface area contributed by atoms with Crippen LogP contribution >= 0.6 is 22.6 Å². The molecule has 0 fully saturated rings. The monoisotopic (exact) mass is 438 g/mol. The molecule has 2 aromatic carbocycles. The Morgan fingerprint density at radius 2 is 1.75 bits per heavy atom. The number of benzene rings is 2. The number of amides is 2. The van der Waals surface area contributed by atoms with Crippen LogP contribution in [-0.2, 0) is 11.2 Å². The fraction of sp³-hybridized carbons (Fsp3) is 0.222. The van der Waals surface area contributed by atoms with Crippen molar-refractivity contribution in [1.82, 2.24) is 10.6 Å². The van der Waals surface area contributed by atoms with Crippen molar-refractivity contribution in [2.75, 3.05) is 20.2 Å². The maximum Gasteiger partial charge on any atom is 0.252 e. The average molecular weight is 438 g/mol. The summed E-state index contributed by atoms with van der Waals surface area (Å²) in [6, 6.07) is 14.9. The highest BCUT2D eigenvalue weighted by Crippen LogP contribution is 2.17. The molecule has 2 N–H and O–H groups in total. The SMILES string of the molecule is COc1ccccc1CCNC(=O)CNC(=O)c1ccccc1I. The van der Waals surface area contributed by atoms with Crippen LogP contribution in [0.5, 0.6) is 5.75 Å². The van der Waals surface area contributed by atoms with Gasteiger partial charge in [0, 0.05) is 10.1 Å². The first-order chi connectivity index (χ1) is 11.6. The lowest BCUT2D eigenvalue weighted by Gasteiger charge is -2.10. The number of ether oxygens (including phenoxy) is 1. The number of hydrogen-bond donors (Lipinski definition) is 2. The largest absolute Gasteiger partial charge is 0.496 e. The van der Waals surface area contributed by atoms with Gasteiger partial charge in [-0.1, -0.05) is 30.3 Å². The Bertz CT molecular complexity index is 719. The van der Waals surface area contributed by atoms with Crippen LogP contribution in [0.3, 0.4) is 0 Å². The molecule has 2 amide bonds. The summed E-state index contributed by atoms with van der Waals surface area (Å²) >= 11 is 2.10. The van der Waals surface area contributed by atoms with E-state index < -0.39 is 0 Å². The van der Waals surface area contributed by atoms with E-state index in [4.69, 9.17) is 4.74 Å². The van der Waals surface area contributed by atoms with Gasteiger partial charge in [0.25, 0.3) is 5.91 Å². The van der Waals surface area contributed by atoms with E-state index in [9.17, 15) is 9.59 Å². The lowest BCUT2D eigenvalue weighted by atomic mass is 10.1. The van der Waals surface area contributed by atoms with Crippen molar-refractivity contribution in [3.05, 3.63) is 63.2 Å². The van der Waals surface area contributed by atoms with Crippen molar-refractivity contribution in [3.8, 4) is 5.75 Å². The number of nitrogens with one attached hydrogen (secondary N) is 2. The van der Waals surface area contributed by atoms with Crippen LogP contribution in [0.4, 0.5) is 0 Å². The van der Waals surface area contributed by atoms with Gasteiger partial charge in [0.15, 0.2) is 0 Å². The summed E-state index contributed by atoms with van der Waals surface area (Å²) in [5, 5.41) is 5.42. The first-order valence-electron chi connectivity index (χ1n) is 7.53. The first kappa shape index (κ1) is 18.3. The van der Waals surface area contributed by atoms with Crippen LogP contribution in [0.2, 0.25) is 0 Å². The smallest absolute Gasteiger partial charge is 0.252 e. The molecule has 0 spiro atoms. The summed E-state index contributed by atoms with van der Waals surface area (Å²) < 4.78 is 6.12. The molecule has 0 aliphatic carbocycles. The van der Waals surface area contributed by atoms with Crippen molar-refractivity contribution >= 4 is 34.4 Å². The molecule has 2 aromatic rings. The summed E-state index contributed by atoms with van der Waals surface area (Å²) in [7, 11) is 1.62. The molecule has 0 atom stereocenters. The Balaban J connectivity index is 1.76. The topological polar surface area (TPSA) is 67.4 Å². The van der Waals surface area contributed by atoms with Crippen LogP contribution < -0.4 is 15.4 Å². The number of carbonyl (C=O) groups is 2. The molecular formula is C18H19IN2O3. The van der Waals surface area contributed by atoms with Crippen LogP contribution in [0.1, 0.15) is 15.9 Å². The van der Waals surface area contributed by atoms with Gasteiger partial charge in [-0.15, -0.1) is 0 Å². The van der Waals surface area contributed by atoms with Gasteiger partial charge in [0.2, 0.25) is 5.91 Å². The molecule has 24 heavy (non-hydrogen) atoms. The number of halogens is 1. The number of rotatable bonds is 7. The first-order valence-corrected chi connectivity index (χ1v) is 8.61. The second-order valence-corrected chi connectivity index (χ2v) is 6.24. The minimum atomic E-state index is -0.250. The van der Waals surface area contributed by atoms with E-state index in [0.717, 1.165) is 14.9 Å². The summed E-state index contributed by atoms with van der Waals surface area (Å²) in [6.45, 7) is 0.438. The molecule has 0 unspecified atom stereocenters. The Kier molecular flexibility index (Phi) is 7.05. The fourth-order valence-corrected chi connectivity index (χ4v) is 2.84. The van der Waals surface area contributed by atoms with Crippen LogP contribution in [0, 0.1) is 3.57 Å². The normalized spacial score (nSPS) is 10.1. The molecule has 0 heterocycles. The molecule has 2 rings (SSSR count). The molecule has 0 radical (unpaired) electrons. The van der Waals surface area contributed by atoms with Gasteiger partial charge in [-0.25, -0.2) is 0 Å². The number of methoxy groups -OCH3 is 1. The van der Waals surface area contributed by atoms with E-state index >= 15 is 0 Å². The Labute approximate surface area is 154 Å². The van der Waals surface area contributed by atoms with Crippen molar-refractivity contribution in [1.29, 1.82) is 0 Å². The zero-order chi connectivity index (χ0) is 17.4. The third kappa shape index (κ3) is 5.23. The average Bonchev–Trinajstić information content (AvgIpc) is 2.60. The molecule has 6 heteroatoms. The summed E-state index contributed by atoms with van der Waals surface area (Å²) in [5.74, 6) is 0.336. The molecule has 0 aromatic heterocycles. The molecule has 0 bridgehead atoms. The van der Waals surface area contributed by atoms with Crippen molar-refractivity contribution in [2.24, 2.45) is 0 Å². The molecular weight excluding hydrogens is 419 g/mol. The Morgan fingerprint density at radius 1 is 1.04 bits per heavy atom. The van der Waals surface area contributed by atoms with Crippen molar-refractivity contribution in [3.63, 3.8) is 0 Å². The third-order valence-corrected chi connectivity index (χ3v) is 4.38. The maximum absolute atomic E-state index is 12.0. The second kappa shape index (κ2) is 9.27. The van der Waals surface area contributed by atoms with E-state index in [1.165, 1.54) is 0 Å². The predicted octanol–water partition coefficient (Wildman–Crippen LogP) is 2.39. The predicted molar refractivity (Wildman–Crippen MR) is 101 cm³/mol. The zero-order valence-electron chi connectivity index (χ0n) is 13.3. The molecule has 0 saturated heterocycles. The van der Waals surface area contributed by atoms with E-state index in [1.54, 1.807) is 19.2 Å². The standard InChI is InChI=1S/C18H19IN2O3/c1-24-16-9-5-2-6-13(16)10-11-20-17(22)12-21-18(23)14-7-3-4-8-15(14)19/h2-9H,10-12H2,1H3,(H,20,22)(H,21,23). The zero-order valence-corrected chi connectivity index (χ0v) is 15.5. The Morgan fingerprint density at radius 3 is 2.50 bits per heavy atom. The molecule has 5 nitrogen and oxygen atoms in total. The Hall–Kier alpha value is -2.09. The van der Waals surface area contributed by atoms with E-state index in [1.807, 2.05) is 36.4 Å². The summed E-state index contributed by atoms with van der Waals surface area (Å²) in [6.07, 6.45) is 0.667. The number of carbonyl (C=O) groups excluding carboxylic acids is 2. The van der Waals surface area contributed by atoms with Gasteiger partial charge >= 0.3 is 0 Å². The van der Waals surface area contributed by atoms with E-state index in [0.29, 0.717) is 18.5 Å². The molecule has 0 aliphatic rings. The van der Waals surface area contributed by atoms with Gasteiger partial charge in [-0.05, 0) is 52.8 Å². The highest BCUT2D eigenvalue weighted by Gasteiger charge is 2.10. The van der Waals surface area contributed by atoms with Crippen LogP contribution in [-0.4, -0.2) is 32.0 Å². The lowest BCUT2D eigenvalue weighted by molar-refractivity contribution is -0.120. The summed E-state index contributed by atoms with van der Waals surface area (Å²) in [4.78, 5) is 23.9. The lowest BCUT2D eigenvalue weighted by Crippen LogP contribution is -2.37. The minimum absolute atomic E-state index is 0.0459. The molecule has 126 valence electrons. The number of para-hydroxylation sites is 1. The van der Waals surface area contributed by atoms with Gasteiger partial charge in [-0.2, -0.15) is 0 Å². The third-order valence-electron chi connectivity index (χ3n) is 3.44. The molecule has 0 aliphatic heterocycles. The van der Waals surface area contributed by atoms with Crippen molar-refractivity contribution < 1.29 is 14.3 Å². The van der Waals surface area contributed by atoms with E-state index in [-0.39, 0.29) is 18.4 Å². The molecule has 0 saturated carbocycles.